The van der Waals surface area contributed by atoms with Crippen molar-refractivity contribution in [2.45, 2.75) is 57.8 Å². The lowest BCUT2D eigenvalue weighted by Crippen LogP contribution is -2.48. The highest BCUT2D eigenvalue weighted by atomic mass is 32.2. The number of benzene rings is 2. The molecule has 4 saturated carbocycles. The summed E-state index contributed by atoms with van der Waals surface area (Å²) in [5.41, 5.74) is 2.69. The highest BCUT2D eigenvalue weighted by molar-refractivity contribution is 7.92. The molecule has 38 heavy (non-hydrogen) atoms. The molecular formula is C30H39N3O4S. The minimum absolute atomic E-state index is 0.223. The van der Waals surface area contributed by atoms with Gasteiger partial charge in [-0.05, 0) is 97.4 Å². The second kappa shape index (κ2) is 10.4. The Labute approximate surface area is 226 Å². The van der Waals surface area contributed by atoms with Crippen molar-refractivity contribution in [3.63, 3.8) is 0 Å². The monoisotopic (exact) mass is 537 g/mol. The van der Waals surface area contributed by atoms with Crippen molar-refractivity contribution in [1.29, 1.82) is 0 Å². The molecule has 0 aliphatic heterocycles. The van der Waals surface area contributed by atoms with Crippen LogP contribution in [0.15, 0.2) is 48.5 Å². The first-order chi connectivity index (χ1) is 18.0. The van der Waals surface area contributed by atoms with Crippen molar-refractivity contribution in [2.24, 2.45) is 23.7 Å². The standard InChI is InChI=1S/C30H39N3O4S/c1-20(2)18-31-29(35)26-6-4-5-7-27(26)32-28(34)19-33(38(3,36)37)25-10-8-24(9-11-25)30-15-21-12-22(16-30)14-23(13-21)17-30/h4-11,20-23H,12-19H2,1-3H3,(H,31,35)(H,32,34). The molecule has 4 aliphatic carbocycles. The van der Waals surface area contributed by atoms with Crippen LogP contribution in [-0.2, 0) is 20.2 Å². The van der Waals surface area contributed by atoms with E-state index < -0.39 is 15.9 Å². The molecule has 0 saturated heterocycles. The largest absolute Gasteiger partial charge is 0.352 e. The van der Waals surface area contributed by atoms with Crippen LogP contribution < -0.4 is 14.9 Å². The highest BCUT2D eigenvalue weighted by Crippen LogP contribution is 2.60. The Kier molecular flexibility index (Phi) is 7.29. The van der Waals surface area contributed by atoms with Crippen molar-refractivity contribution < 1.29 is 18.0 Å². The van der Waals surface area contributed by atoms with Crippen LogP contribution in [0.3, 0.4) is 0 Å². The van der Waals surface area contributed by atoms with Gasteiger partial charge in [0.05, 0.1) is 23.2 Å². The Morgan fingerprint density at radius 2 is 1.53 bits per heavy atom. The number of anilines is 2. The van der Waals surface area contributed by atoms with E-state index in [4.69, 9.17) is 0 Å². The zero-order valence-corrected chi connectivity index (χ0v) is 23.4. The number of rotatable bonds is 9. The molecular weight excluding hydrogens is 498 g/mol. The molecule has 8 heteroatoms. The van der Waals surface area contributed by atoms with Gasteiger partial charge < -0.3 is 10.6 Å². The first-order valence-electron chi connectivity index (χ1n) is 13.8. The molecule has 2 aromatic carbocycles. The molecule has 0 spiro atoms. The fourth-order valence-electron chi connectivity index (χ4n) is 7.35. The van der Waals surface area contributed by atoms with Gasteiger partial charge in [0, 0.05) is 6.54 Å². The maximum Gasteiger partial charge on any atom is 0.253 e. The molecule has 2 aromatic rings. The summed E-state index contributed by atoms with van der Waals surface area (Å²) in [7, 11) is -3.71. The Hall–Kier alpha value is -2.87. The molecule has 0 aromatic heterocycles. The predicted octanol–water partition coefficient (Wildman–Crippen LogP) is 4.94. The summed E-state index contributed by atoms with van der Waals surface area (Å²) in [6.45, 7) is 4.15. The smallest absolute Gasteiger partial charge is 0.253 e. The Morgan fingerprint density at radius 3 is 2.08 bits per heavy atom. The minimum Gasteiger partial charge on any atom is -0.352 e. The maximum atomic E-state index is 13.0. The van der Waals surface area contributed by atoms with Crippen LogP contribution in [0.2, 0.25) is 0 Å². The van der Waals surface area contributed by atoms with Gasteiger partial charge in [-0.2, -0.15) is 0 Å². The Bertz CT molecular complexity index is 1270. The van der Waals surface area contributed by atoms with Gasteiger partial charge in [0.2, 0.25) is 15.9 Å². The summed E-state index contributed by atoms with van der Waals surface area (Å²) >= 11 is 0. The van der Waals surface area contributed by atoms with Crippen molar-refractivity contribution in [2.75, 3.05) is 29.0 Å². The molecule has 0 unspecified atom stereocenters. The third-order valence-corrected chi connectivity index (χ3v) is 9.75. The van der Waals surface area contributed by atoms with E-state index in [1.165, 1.54) is 44.1 Å². The number of hydrogen-bond acceptors (Lipinski definition) is 4. The van der Waals surface area contributed by atoms with Crippen LogP contribution in [0.25, 0.3) is 0 Å². The lowest BCUT2D eigenvalue weighted by atomic mass is 9.48. The number of carbonyl (C=O) groups excluding carboxylic acids is 2. The third kappa shape index (κ3) is 5.60. The van der Waals surface area contributed by atoms with Crippen LogP contribution >= 0.6 is 0 Å². The van der Waals surface area contributed by atoms with E-state index in [2.05, 4.69) is 22.8 Å². The molecule has 4 fully saturated rings. The Morgan fingerprint density at radius 1 is 0.947 bits per heavy atom. The van der Waals surface area contributed by atoms with Crippen LogP contribution in [0, 0.1) is 23.7 Å². The maximum absolute atomic E-state index is 13.0. The number of nitrogens with zero attached hydrogens (tertiary/aromatic N) is 1. The average Bonchev–Trinajstić information content (AvgIpc) is 2.85. The van der Waals surface area contributed by atoms with Crippen molar-refractivity contribution >= 4 is 33.2 Å². The topological polar surface area (TPSA) is 95.6 Å². The summed E-state index contributed by atoms with van der Waals surface area (Å²) in [5.74, 6) is 1.98. The van der Waals surface area contributed by atoms with Gasteiger partial charge in [-0.15, -0.1) is 0 Å². The zero-order chi connectivity index (χ0) is 27.1. The highest BCUT2D eigenvalue weighted by Gasteiger charge is 2.51. The molecule has 4 aliphatic rings. The van der Waals surface area contributed by atoms with Gasteiger partial charge in [-0.1, -0.05) is 38.1 Å². The lowest BCUT2D eigenvalue weighted by molar-refractivity contribution is -0.114. The molecule has 2 amide bonds. The SMILES string of the molecule is CC(C)CNC(=O)c1ccccc1NC(=O)CN(c1ccc(C23CC4CC(CC(C4)C2)C3)cc1)S(C)(=O)=O. The zero-order valence-electron chi connectivity index (χ0n) is 22.6. The molecule has 0 heterocycles. The van der Waals surface area contributed by atoms with Crippen molar-refractivity contribution in [3.8, 4) is 0 Å². The summed E-state index contributed by atoms with van der Waals surface area (Å²) in [6, 6.07) is 14.6. The number of amides is 2. The van der Waals surface area contributed by atoms with Crippen LogP contribution in [0.5, 0.6) is 0 Å². The molecule has 0 atom stereocenters. The fraction of sp³-hybridized carbons (Fsp3) is 0.533. The van der Waals surface area contributed by atoms with Gasteiger partial charge in [0.1, 0.15) is 6.54 Å². The Balaban J connectivity index is 1.31. The van der Waals surface area contributed by atoms with Crippen molar-refractivity contribution in [3.05, 3.63) is 59.7 Å². The summed E-state index contributed by atoms with van der Waals surface area (Å²) < 4.78 is 26.6. The van der Waals surface area contributed by atoms with E-state index in [9.17, 15) is 18.0 Å². The molecule has 6 rings (SSSR count). The third-order valence-electron chi connectivity index (χ3n) is 8.61. The quantitative estimate of drug-likeness (QED) is 0.473. The van der Waals surface area contributed by atoms with E-state index in [1.807, 2.05) is 26.0 Å². The molecule has 204 valence electrons. The second-order valence-electron chi connectivity index (χ2n) is 12.2. The van der Waals surface area contributed by atoms with Crippen LogP contribution in [0.4, 0.5) is 11.4 Å². The lowest BCUT2D eigenvalue weighted by Gasteiger charge is -2.57. The number of hydrogen-bond donors (Lipinski definition) is 2. The predicted molar refractivity (Wildman–Crippen MR) is 151 cm³/mol. The number of carbonyl (C=O) groups is 2. The number of para-hydroxylation sites is 1. The first kappa shape index (κ1) is 26.7. The number of sulfonamides is 1. The summed E-state index contributed by atoms with van der Waals surface area (Å²) in [6.07, 6.45) is 8.94. The minimum atomic E-state index is -3.71. The fourth-order valence-corrected chi connectivity index (χ4v) is 8.20. The van der Waals surface area contributed by atoms with E-state index in [-0.39, 0.29) is 17.9 Å². The van der Waals surface area contributed by atoms with Gasteiger partial charge in [0.15, 0.2) is 0 Å². The van der Waals surface area contributed by atoms with Gasteiger partial charge in [0.25, 0.3) is 5.91 Å². The molecule has 7 nitrogen and oxygen atoms in total. The molecule has 4 bridgehead atoms. The molecule has 0 radical (unpaired) electrons. The van der Waals surface area contributed by atoms with E-state index in [0.717, 1.165) is 28.3 Å². The van der Waals surface area contributed by atoms with Crippen LogP contribution in [0.1, 0.15) is 68.3 Å². The van der Waals surface area contributed by atoms with Gasteiger partial charge in [-0.25, -0.2) is 8.42 Å². The van der Waals surface area contributed by atoms with Gasteiger partial charge >= 0.3 is 0 Å². The normalized spacial score (nSPS) is 25.8. The number of nitrogens with one attached hydrogen (secondary N) is 2. The first-order valence-corrected chi connectivity index (χ1v) is 15.6. The molecule has 2 N–H and O–H groups in total. The van der Waals surface area contributed by atoms with Crippen molar-refractivity contribution in [1.82, 2.24) is 5.32 Å². The van der Waals surface area contributed by atoms with E-state index in [0.29, 0.717) is 29.4 Å². The van der Waals surface area contributed by atoms with E-state index in [1.54, 1.807) is 24.3 Å². The van der Waals surface area contributed by atoms with Crippen LogP contribution in [-0.4, -0.2) is 39.6 Å². The average molecular weight is 538 g/mol. The van der Waals surface area contributed by atoms with Gasteiger partial charge in [-0.3, -0.25) is 13.9 Å². The second-order valence-corrected chi connectivity index (χ2v) is 14.1. The van der Waals surface area contributed by atoms with E-state index >= 15 is 0 Å². The summed E-state index contributed by atoms with van der Waals surface area (Å²) in [4.78, 5) is 25.7. The summed E-state index contributed by atoms with van der Waals surface area (Å²) in [5, 5.41) is 5.60.